The molecule has 0 unspecified atom stereocenters. The molecule has 22 heavy (non-hydrogen) atoms. The molecule has 0 spiro atoms. The molecule has 3 rings (SSSR count). The van der Waals surface area contributed by atoms with Crippen molar-refractivity contribution in [1.82, 2.24) is 19.9 Å². The van der Waals surface area contributed by atoms with E-state index in [0.29, 0.717) is 18.8 Å². The molecule has 0 atom stereocenters. The van der Waals surface area contributed by atoms with Gasteiger partial charge in [-0.3, -0.25) is 4.79 Å². The van der Waals surface area contributed by atoms with Crippen molar-refractivity contribution in [3.05, 3.63) is 60.0 Å². The summed E-state index contributed by atoms with van der Waals surface area (Å²) >= 11 is 0. The van der Waals surface area contributed by atoms with Crippen LogP contribution in [0.3, 0.4) is 0 Å². The molecule has 0 bridgehead atoms. The van der Waals surface area contributed by atoms with E-state index in [-0.39, 0.29) is 5.91 Å². The zero-order valence-corrected chi connectivity index (χ0v) is 12.3. The van der Waals surface area contributed by atoms with E-state index < -0.39 is 0 Å². The monoisotopic (exact) mass is 295 g/mol. The van der Waals surface area contributed by atoms with Crippen molar-refractivity contribution in [1.29, 1.82) is 0 Å². The summed E-state index contributed by atoms with van der Waals surface area (Å²) in [6, 6.07) is 11.3. The molecular formula is C16H17N5O. The summed E-state index contributed by atoms with van der Waals surface area (Å²) in [6.07, 6.45) is 3.42. The van der Waals surface area contributed by atoms with Crippen molar-refractivity contribution in [3.8, 4) is 0 Å². The fourth-order valence-electron chi connectivity index (χ4n) is 2.24. The number of aromatic nitrogens is 3. The number of amides is 1. The minimum absolute atomic E-state index is 0.145. The fourth-order valence-corrected chi connectivity index (χ4v) is 2.24. The number of nitrogens with zero attached hydrogens (tertiary/aromatic N) is 3. The molecule has 6 nitrogen and oxygen atoms in total. The van der Waals surface area contributed by atoms with E-state index in [0.717, 1.165) is 16.9 Å². The molecule has 0 saturated heterocycles. The van der Waals surface area contributed by atoms with Gasteiger partial charge < -0.3 is 10.6 Å². The summed E-state index contributed by atoms with van der Waals surface area (Å²) in [5, 5.41) is 10.2. The maximum Gasteiger partial charge on any atom is 0.270 e. The average Bonchev–Trinajstić information content (AvgIpc) is 3.01. The number of anilines is 1. The second-order valence-electron chi connectivity index (χ2n) is 4.93. The Labute approximate surface area is 128 Å². The Morgan fingerprint density at radius 3 is 2.91 bits per heavy atom. The Bertz CT molecular complexity index is 796. The summed E-state index contributed by atoms with van der Waals surface area (Å²) in [4.78, 5) is 16.5. The van der Waals surface area contributed by atoms with E-state index >= 15 is 0 Å². The van der Waals surface area contributed by atoms with E-state index in [1.807, 2.05) is 37.3 Å². The number of pyridine rings is 2. The van der Waals surface area contributed by atoms with Crippen molar-refractivity contribution in [2.45, 2.75) is 6.92 Å². The van der Waals surface area contributed by atoms with E-state index in [2.05, 4.69) is 20.7 Å². The number of nitrogens with one attached hydrogen (secondary N) is 2. The second kappa shape index (κ2) is 6.26. The van der Waals surface area contributed by atoms with E-state index in [1.165, 1.54) is 0 Å². The normalized spacial score (nSPS) is 10.6. The summed E-state index contributed by atoms with van der Waals surface area (Å²) in [7, 11) is 0. The third kappa shape index (κ3) is 2.90. The highest BCUT2D eigenvalue weighted by Gasteiger charge is 2.09. The number of carbonyl (C=O) groups excluding carboxylic acids is 1. The maximum atomic E-state index is 12.2. The van der Waals surface area contributed by atoms with Gasteiger partial charge >= 0.3 is 0 Å². The van der Waals surface area contributed by atoms with Crippen molar-refractivity contribution < 1.29 is 4.79 Å². The lowest BCUT2D eigenvalue weighted by molar-refractivity contribution is 0.0948. The minimum atomic E-state index is -0.145. The van der Waals surface area contributed by atoms with Crippen LogP contribution in [0.5, 0.6) is 0 Å². The Balaban J connectivity index is 1.57. The van der Waals surface area contributed by atoms with Gasteiger partial charge in [-0.15, -0.1) is 0 Å². The van der Waals surface area contributed by atoms with E-state index in [1.54, 1.807) is 23.0 Å². The van der Waals surface area contributed by atoms with Crippen molar-refractivity contribution in [2.24, 2.45) is 0 Å². The van der Waals surface area contributed by atoms with Crippen LogP contribution >= 0.6 is 0 Å². The second-order valence-corrected chi connectivity index (χ2v) is 4.93. The summed E-state index contributed by atoms with van der Waals surface area (Å²) in [5.41, 5.74) is 2.50. The molecule has 0 aliphatic heterocycles. The number of fused-ring (bicyclic) bond motifs is 1. The zero-order valence-electron chi connectivity index (χ0n) is 12.3. The quantitative estimate of drug-likeness (QED) is 0.705. The van der Waals surface area contributed by atoms with Crippen LogP contribution in [0.25, 0.3) is 5.52 Å². The predicted molar refractivity (Wildman–Crippen MR) is 85.0 cm³/mol. The Hall–Kier alpha value is -2.89. The number of rotatable bonds is 5. The van der Waals surface area contributed by atoms with E-state index in [4.69, 9.17) is 0 Å². The van der Waals surface area contributed by atoms with E-state index in [9.17, 15) is 4.79 Å². The smallest absolute Gasteiger partial charge is 0.270 e. The van der Waals surface area contributed by atoms with Crippen LogP contribution in [0.4, 0.5) is 5.82 Å². The highest BCUT2D eigenvalue weighted by Crippen LogP contribution is 2.08. The average molecular weight is 295 g/mol. The fraction of sp³-hybridized carbons (Fsp3) is 0.188. The van der Waals surface area contributed by atoms with Crippen LogP contribution in [-0.4, -0.2) is 33.6 Å². The largest absolute Gasteiger partial charge is 0.368 e. The van der Waals surface area contributed by atoms with Gasteiger partial charge in [-0.05, 0) is 36.8 Å². The van der Waals surface area contributed by atoms with Crippen LogP contribution in [0, 0.1) is 6.92 Å². The predicted octanol–water partition coefficient (Wildman–Crippen LogP) is 1.88. The van der Waals surface area contributed by atoms with Gasteiger partial charge in [0.15, 0.2) is 0 Å². The molecule has 0 aromatic carbocycles. The van der Waals surface area contributed by atoms with Gasteiger partial charge in [0.1, 0.15) is 11.5 Å². The molecule has 0 aliphatic carbocycles. The molecular weight excluding hydrogens is 278 g/mol. The molecule has 3 aromatic rings. The highest BCUT2D eigenvalue weighted by atomic mass is 16.1. The highest BCUT2D eigenvalue weighted by molar-refractivity contribution is 5.93. The first-order valence-corrected chi connectivity index (χ1v) is 7.12. The Morgan fingerprint density at radius 1 is 1.14 bits per heavy atom. The lowest BCUT2D eigenvalue weighted by atomic mass is 10.3. The minimum Gasteiger partial charge on any atom is -0.368 e. The van der Waals surface area contributed by atoms with Crippen LogP contribution in [0.1, 0.15) is 16.1 Å². The van der Waals surface area contributed by atoms with Crippen LogP contribution in [-0.2, 0) is 0 Å². The van der Waals surface area contributed by atoms with Crippen molar-refractivity contribution in [2.75, 3.05) is 18.4 Å². The number of hydrogen-bond acceptors (Lipinski definition) is 4. The molecule has 0 saturated carbocycles. The lowest BCUT2D eigenvalue weighted by Crippen LogP contribution is -2.30. The molecule has 3 aromatic heterocycles. The van der Waals surface area contributed by atoms with Gasteiger partial charge in [-0.1, -0.05) is 12.1 Å². The van der Waals surface area contributed by atoms with Gasteiger partial charge in [-0.2, -0.15) is 5.10 Å². The molecule has 2 N–H and O–H groups in total. The third-order valence-electron chi connectivity index (χ3n) is 3.37. The first kappa shape index (κ1) is 14.1. The van der Waals surface area contributed by atoms with Gasteiger partial charge in [0, 0.05) is 19.3 Å². The third-order valence-corrected chi connectivity index (χ3v) is 3.37. The summed E-state index contributed by atoms with van der Waals surface area (Å²) < 4.78 is 1.63. The zero-order chi connectivity index (χ0) is 15.4. The van der Waals surface area contributed by atoms with Crippen molar-refractivity contribution in [3.63, 3.8) is 0 Å². The molecule has 0 radical (unpaired) electrons. The lowest BCUT2D eigenvalue weighted by Gasteiger charge is -2.09. The molecule has 0 fully saturated rings. The standard InChI is InChI=1S/C16H17N5O/c1-12-4-3-8-17-15(12)18-10-11-19-16(22)14-6-2-5-13-7-9-20-21(13)14/h2-9H,10-11H2,1H3,(H,17,18)(H,19,22). The van der Waals surface area contributed by atoms with Crippen molar-refractivity contribution >= 4 is 17.2 Å². The van der Waals surface area contributed by atoms with Crippen LogP contribution in [0.2, 0.25) is 0 Å². The molecule has 1 amide bonds. The maximum absolute atomic E-state index is 12.2. The Kier molecular flexibility index (Phi) is 4.00. The molecule has 6 heteroatoms. The van der Waals surface area contributed by atoms with Gasteiger partial charge in [0.05, 0.1) is 11.7 Å². The van der Waals surface area contributed by atoms with Gasteiger partial charge in [0.2, 0.25) is 0 Å². The van der Waals surface area contributed by atoms with Gasteiger partial charge in [0.25, 0.3) is 5.91 Å². The number of hydrogen-bond donors (Lipinski definition) is 2. The molecule has 3 heterocycles. The van der Waals surface area contributed by atoms with Gasteiger partial charge in [-0.25, -0.2) is 9.50 Å². The molecule has 112 valence electrons. The summed E-state index contributed by atoms with van der Waals surface area (Å²) in [6.45, 7) is 3.11. The SMILES string of the molecule is Cc1cccnc1NCCNC(=O)c1cccc2ccnn12. The number of aryl methyl sites for hydroxylation is 1. The first-order valence-electron chi connectivity index (χ1n) is 7.12. The molecule has 0 aliphatic rings. The van der Waals surface area contributed by atoms with Crippen LogP contribution in [0.15, 0.2) is 48.8 Å². The first-order chi connectivity index (χ1) is 10.8. The topological polar surface area (TPSA) is 71.3 Å². The van der Waals surface area contributed by atoms with Crippen LogP contribution < -0.4 is 10.6 Å². The Morgan fingerprint density at radius 2 is 2.05 bits per heavy atom. The summed E-state index contributed by atoms with van der Waals surface area (Å²) in [5.74, 6) is 0.694. The number of carbonyl (C=O) groups is 1.